The van der Waals surface area contributed by atoms with E-state index in [4.69, 9.17) is 0 Å². The fourth-order valence-corrected chi connectivity index (χ4v) is 11.6. The molecule has 65 heavy (non-hydrogen) atoms. The van der Waals surface area contributed by atoms with Gasteiger partial charge in [0.25, 0.3) is 0 Å². The number of benzene rings is 10. The van der Waals surface area contributed by atoms with Crippen LogP contribution in [0.1, 0.15) is 0 Å². The largest absolute Gasteiger partial charge is 0.310 e. The molecule has 0 amide bonds. The van der Waals surface area contributed by atoms with E-state index >= 15 is 0 Å². The van der Waals surface area contributed by atoms with Gasteiger partial charge in [-0.05, 0) is 132 Å². The van der Waals surface area contributed by atoms with Gasteiger partial charge in [0.2, 0.25) is 0 Å². The second-order valence-corrected chi connectivity index (χ2v) is 18.1. The van der Waals surface area contributed by atoms with Crippen LogP contribution in [0.2, 0.25) is 0 Å². The number of thiophene rings is 1. The number of para-hydroxylation sites is 4. The zero-order chi connectivity index (χ0) is 42.6. The molecule has 10 aromatic carbocycles. The fraction of sp³-hybridized carbons (Fsp3) is 0. The smallest absolute Gasteiger partial charge is 0.0562 e. The van der Waals surface area contributed by atoms with Crippen molar-refractivity contribution in [3.05, 3.63) is 231 Å². The Hall–Kier alpha value is -8.38. The molecule has 0 spiro atoms. The van der Waals surface area contributed by atoms with Crippen LogP contribution in [0.25, 0.3) is 119 Å². The average molecular weight is 847 g/mol. The first-order valence-corrected chi connectivity index (χ1v) is 23.0. The van der Waals surface area contributed by atoms with Crippen molar-refractivity contribution in [2.45, 2.75) is 0 Å². The Labute approximate surface area is 377 Å². The molecule has 0 aliphatic rings. The first-order valence-electron chi connectivity index (χ1n) is 22.2. The van der Waals surface area contributed by atoms with Gasteiger partial charge in [0.1, 0.15) is 0 Å². The molecular weight excluding hydrogens is 809 g/mol. The minimum atomic E-state index is 1.10. The number of hydrogen-bond donors (Lipinski definition) is 0. The summed E-state index contributed by atoms with van der Waals surface area (Å²) in [7, 11) is 0. The first kappa shape index (κ1) is 36.1. The summed E-state index contributed by atoms with van der Waals surface area (Å²) in [6, 6.07) is 85.0. The highest BCUT2D eigenvalue weighted by atomic mass is 32.1. The van der Waals surface area contributed by atoms with Crippen molar-refractivity contribution in [2.75, 3.05) is 0 Å². The summed E-state index contributed by atoms with van der Waals surface area (Å²) in [5, 5.41) is 9.71. The Morgan fingerprint density at radius 2 is 0.769 bits per heavy atom. The van der Waals surface area contributed by atoms with Gasteiger partial charge in [-0.15, -0.1) is 11.3 Å². The highest BCUT2D eigenvalue weighted by molar-refractivity contribution is 7.25. The predicted octanol–water partition coefficient (Wildman–Crippen LogP) is 16.4. The van der Waals surface area contributed by atoms with Gasteiger partial charge < -0.3 is 18.3 Å². The Kier molecular flexibility index (Phi) is 7.82. The molecule has 14 rings (SSSR count). The molecule has 0 aliphatic carbocycles. The molecule has 14 aromatic rings. The predicted molar refractivity (Wildman–Crippen MR) is 277 cm³/mol. The SMILES string of the molecule is c1ccc(-n2c3ccccc3c3ccc(-n4c5cccc(c5)c5cccc(c5)n(-c5cccc6c5c5ccccc5n6-c5ccccc5)c5ccc6sc7ccc4cc7c6c5)cc32)cc1. The van der Waals surface area contributed by atoms with E-state index in [0.717, 1.165) is 55.6 Å². The fourth-order valence-electron chi connectivity index (χ4n) is 10.6. The summed E-state index contributed by atoms with van der Waals surface area (Å²) in [5.41, 5.74) is 13.7. The van der Waals surface area contributed by atoms with Crippen LogP contribution in [0.15, 0.2) is 231 Å². The Balaban J connectivity index is 1.10. The highest BCUT2D eigenvalue weighted by Crippen LogP contribution is 2.41. The Bertz CT molecular complexity index is 4290. The summed E-state index contributed by atoms with van der Waals surface area (Å²) in [6.45, 7) is 0. The molecule has 4 heterocycles. The van der Waals surface area contributed by atoms with E-state index in [1.165, 1.54) is 63.8 Å². The van der Waals surface area contributed by atoms with E-state index in [0.29, 0.717) is 0 Å². The van der Waals surface area contributed by atoms with Crippen molar-refractivity contribution in [3.8, 4) is 22.7 Å². The van der Waals surface area contributed by atoms with Gasteiger partial charge in [0, 0.05) is 80.8 Å². The van der Waals surface area contributed by atoms with Gasteiger partial charge in [-0.3, -0.25) is 0 Å². The minimum Gasteiger partial charge on any atom is -0.310 e. The summed E-state index contributed by atoms with van der Waals surface area (Å²) in [5.74, 6) is 0. The second kappa shape index (κ2) is 14.1. The lowest BCUT2D eigenvalue weighted by Gasteiger charge is -2.15. The van der Waals surface area contributed by atoms with Gasteiger partial charge in [-0.25, -0.2) is 0 Å². The van der Waals surface area contributed by atoms with Crippen LogP contribution >= 0.6 is 11.3 Å². The van der Waals surface area contributed by atoms with Gasteiger partial charge in [-0.1, -0.05) is 109 Å². The summed E-state index contributed by atoms with van der Waals surface area (Å²) < 4.78 is 12.3. The number of nitrogens with zero attached hydrogens (tertiary/aromatic N) is 4. The Morgan fingerprint density at radius 1 is 0.262 bits per heavy atom. The summed E-state index contributed by atoms with van der Waals surface area (Å²) >= 11 is 1.86. The van der Waals surface area contributed by atoms with E-state index in [9.17, 15) is 0 Å². The molecule has 0 unspecified atom stereocenters. The number of rotatable bonds is 4. The Morgan fingerprint density at radius 3 is 1.45 bits per heavy atom. The first-order chi connectivity index (χ1) is 32.2. The molecule has 0 radical (unpaired) electrons. The van der Waals surface area contributed by atoms with E-state index in [1.54, 1.807) is 0 Å². The molecule has 8 bridgehead atoms. The van der Waals surface area contributed by atoms with E-state index in [2.05, 4.69) is 249 Å². The monoisotopic (exact) mass is 846 g/mol. The van der Waals surface area contributed by atoms with Crippen molar-refractivity contribution in [3.63, 3.8) is 0 Å². The molecule has 0 N–H and O–H groups in total. The van der Waals surface area contributed by atoms with Crippen molar-refractivity contribution >= 4 is 108 Å². The molecule has 0 atom stereocenters. The molecule has 0 saturated heterocycles. The molecule has 0 saturated carbocycles. The lowest BCUT2D eigenvalue weighted by molar-refractivity contribution is 1.14. The number of hydrogen-bond acceptors (Lipinski definition) is 1. The van der Waals surface area contributed by atoms with E-state index in [1.807, 2.05) is 11.3 Å². The van der Waals surface area contributed by atoms with Crippen LogP contribution in [0.4, 0.5) is 0 Å². The third-order valence-electron chi connectivity index (χ3n) is 13.4. The van der Waals surface area contributed by atoms with Crippen LogP contribution in [0.3, 0.4) is 0 Å². The van der Waals surface area contributed by atoms with E-state index in [-0.39, 0.29) is 0 Å². The maximum absolute atomic E-state index is 2.48. The summed E-state index contributed by atoms with van der Waals surface area (Å²) in [6.07, 6.45) is 0. The zero-order valence-corrected chi connectivity index (χ0v) is 36.0. The third kappa shape index (κ3) is 5.49. The minimum absolute atomic E-state index is 1.10. The molecule has 304 valence electrons. The van der Waals surface area contributed by atoms with Gasteiger partial charge in [0.05, 0.1) is 27.8 Å². The number of fused-ring (bicyclic) bond motifs is 13. The zero-order valence-electron chi connectivity index (χ0n) is 35.1. The van der Waals surface area contributed by atoms with Gasteiger partial charge in [0.15, 0.2) is 0 Å². The topological polar surface area (TPSA) is 19.7 Å². The molecule has 0 aliphatic heterocycles. The van der Waals surface area contributed by atoms with Crippen LogP contribution < -0.4 is 0 Å². The van der Waals surface area contributed by atoms with E-state index < -0.39 is 0 Å². The standard InChI is InChI=1S/C60H38N4S/c1-3-16-41(17-4-1)63-54-25-10-8-23-50(54)60-55(26-13-27-56(60)63)62-44-21-12-15-40(35-44)39-14-11-20-43(34-39)61(45-29-32-58-51(36-45)52-37-46(62)30-33-59(52)65-58)47-28-31-49-48-22-7-9-24-53(48)64(57(49)38-47)42-18-5-2-6-19-42/h1-38H. The van der Waals surface area contributed by atoms with Gasteiger partial charge in [-0.2, -0.15) is 0 Å². The lowest BCUT2D eigenvalue weighted by Crippen LogP contribution is -1.99. The van der Waals surface area contributed by atoms with Crippen molar-refractivity contribution in [2.24, 2.45) is 0 Å². The normalized spacial score (nSPS) is 12.0. The second-order valence-electron chi connectivity index (χ2n) is 17.0. The number of aromatic nitrogens is 4. The molecule has 0 fully saturated rings. The van der Waals surface area contributed by atoms with Crippen LogP contribution in [-0.4, -0.2) is 18.3 Å². The van der Waals surface area contributed by atoms with Crippen LogP contribution in [0, 0.1) is 0 Å². The third-order valence-corrected chi connectivity index (χ3v) is 14.5. The highest BCUT2D eigenvalue weighted by Gasteiger charge is 2.18. The maximum atomic E-state index is 2.48. The van der Waals surface area contributed by atoms with Crippen LogP contribution in [0.5, 0.6) is 0 Å². The van der Waals surface area contributed by atoms with Crippen molar-refractivity contribution in [1.82, 2.24) is 18.3 Å². The quantitative estimate of drug-likeness (QED) is 0.168. The maximum Gasteiger partial charge on any atom is 0.0562 e. The molecule has 5 heteroatoms. The van der Waals surface area contributed by atoms with Gasteiger partial charge >= 0.3 is 0 Å². The van der Waals surface area contributed by atoms with Crippen molar-refractivity contribution < 1.29 is 0 Å². The molecule has 4 aromatic heterocycles. The molecule has 4 nitrogen and oxygen atoms in total. The average Bonchev–Trinajstić information content (AvgIpc) is 4.02. The summed E-state index contributed by atoms with van der Waals surface area (Å²) in [4.78, 5) is 0. The molecular formula is C60H38N4S. The van der Waals surface area contributed by atoms with Crippen LogP contribution in [-0.2, 0) is 0 Å². The van der Waals surface area contributed by atoms with Crippen molar-refractivity contribution in [1.29, 1.82) is 0 Å². The lowest BCUT2D eigenvalue weighted by atomic mass is 10.1.